The molecular formula is C8H5BrF3NO4. The Balaban J connectivity index is 3.25. The van der Waals surface area contributed by atoms with E-state index in [9.17, 15) is 23.1 Å². The Morgan fingerprint density at radius 3 is 2.53 bits per heavy atom. The van der Waals surface area contributed by atoms with E-state index < -0.39 is 29.7 Å². The molecule has 2 N–H and O–H groups in total. The Morgan fingerprint density at radius 1 is 1.53 bits per heavy atom. The Kier molecular flexibility index (Phi) is 3.81. The molecule has 0 unspecified atom stereocenters. The molecule has 94 valence electrons. The highest BCUT2D eigenvalue weighted by Crippen LogP contribution is 2.31. The van der Waals surface area contributed by atoms with Gasteiger partial charge in [-0.15, -0.1) is 13.2 Å². The van der Waals surface area contributed by atoms with Crippen LogP contribution in [0.5, 0.6) is 11.6 Å². The van der Waals surface area contributed by atoms with Crippen LogP contribution in [0.15, 0.2) is 6.07 Å². The number of carboxylic acids is 1. The van der Waals surface area contributed by atoms with Gasteiger partial charge in [0.2, 0.25) is 0 Å². The van der Waals surface area contributed by atoms with Crippen molar-refractivity contribution in [3.05, 3.63) is 17.3 Å². The first kappa shape index (κ1) is 13.6. The molecule has 0 aromatic carbocycles. The highest BCUT2D eigenvalue weighted by Gasteiger charge is 2.34. The summed E-state index contributed by atoms with van der Waals surface area (Å²) in [6, 6.07) is 0.840. The molecule has 0 aliphatic carbocycles. The number of carbonyl (C=O) groups is 1. The summed E-state index contributed by atoms with van der Waals surface area (Å²) in [6.07, 6.45) is -5.06. The number of rotatable bonds is 3. The van der Waals surface area contributed by atoms with Gasteiger partial charge in [-0.2, -0.15) is 0 Å². The first-order valence-electron chi connectivity index (χ1n) is 4.02. The number of nitrogens with zero attached hydrogens (tertiary/aromatic N) is 1. The number of alkyl halides is 4. The zero-order valence-corrected chi connectivity index (χ0v) is 9.54. The zero-order chi connectivity index (χ0) is 13.2. The number of pyridine rings is 1. The van der Waals surface area contributed by atoms with Crippen molar-refractivity contribution in [3.8, 4) is 11.6 Å². The van der Waals surface area contributed by atoms with E-state index >= 15 is 0 Å². The van der Waals surface area contributed by atoms with Gasteiger partial charge in [-0.1, -0.05) is 15.9 Å². The molecule has 0 saturated carbocycles. The van der Waals surface area contributed by atoms with Gasteiger partial charge in [-0.05, 0) is 11.6 Å². The summed E-state index contributed by atoms with van der Waals surface area (Å²) < 4.78 is 39.1. The fraction of sp³-hybridized carbons (Fsp3) is 0.250. The van der Waals surface area contributed by atoms with Crippen molar-refractivity contribution in [3.63, 3.8) is 0 Å². The summed E-state index contributed by atoms with van der Waals surface area (Å²) in [6.45, 7) is 0. The molecule has 5 nitrogen and oxygen atoms in total. The largest absolute Gasteiger partial charge is 0.574 e. The predicted octanol–water partition coefficient (Wildman–Crippen LogP) is 2.28. The third-order valence-corrected chi connectivity index (χ3v) is 2.21. The predicted molar refractivity (Wildman–Crippen MR) is 52.2 cm³/mol. The van der Waals surface area contributed by atoms with Crippen LogP contribution in [0.1, 0.15) is 16.1 Å². The molecule has 0 aliphatic rings. The van der Waals surface area contributed by atoms with Gasteiger partial charge in [-0.25, -0.2) is 9.78 Å². The van der Waals surface area contributed by atoms with E-state index in [2.05, 4.69) is 25.7 Å². The number of aromatic nitrogens is 1. The van der Waals surface area contributed by atoms with Crippen LogP contribution in [0.3, 0.4) is 0 Å². The molecule has 9 heteroatoms. The molecule has 0 spiro atoms. The summed E-state index contributed by atoms with van der Waals surface area (Å²) in [7, 11) is 0. The molecule has 0 bridgehead atoms. The Labute approximate surface area is 101 Å². The number of carboxylic acid groups (broad SMARTS) is 1. The number of halogens is 4. The third-order valence-electron chi connectivity index (χ3n) is 1.61. The van der Waals surface area contributed by atoms with E-state index in [-0.39, 0.29) is 10.9 Å². The molecule has 1 aromatic rings. The van der Waals surface area contributed by atoms with Gasteiger partial charge in [0.25, 0.3) is 5.88 Å². The van der Waals surface area contributed by atoms with Crippen LogP contribution in [0.4, 0.5) is 13.2 Å². The summed E-state index contributed by atoms with van der Waals surface area (Å²) in [5, 5.41) is 17.9. The van der Waals surface area contributed by atoms with E-state index in [0.29, 0.717) is 0 Å². The van der Waals surface area contributed by atoms with Crippen molar-refractivity contribution in [2.24, 2.45) is 0 Å². The Bertz CT molecular complexity index is 449. The highest BCUT2D eigenvalue weighted by molar-refractivity contribution is 9.08. The van der Waals surface area contributed by atoms with Gasteiger partial charge in [0.1, 0.15) is 0 Å². The maximum Gasteiger partial charge on any atom is 0.574 e. The van der Waals surface area contributed by atoms with Crippen LogP contribution in [0.25, 0.3) is 0 Å². The minimum atomic E-state index is -5.06. The Morgan fingerprint density at radius 2 is 2.12 bits per heavy atom. The van der Waals surface area contributed by atoms with Crippen molar-refractivity contribution in [1.29, 1.82) is 0 Å². The number of hydrogen-bond donors (Lipinski definition) is 2. The maximum atomic E-state index is 11.9. The van der Waals surface area contributed by atoms with Gasteiger partial charge in [-0.3, -0.25) is 0 Å². The summed E-state index contributed by atoms with van der Waals surface area (Å²) >= 11 is 2.92. The minimum absolute atomic E-state index is 0.0154. The molecule has 0 radical (unpaired) electrons. The molecular weight excluding hydrogens is 311 g/mol. The van der Waals surface area contributed by atoms with Crippen molar-refractivity contribution in [2.75, 3.05) is 0 Å². The van der Waals surface area contributed by atoms with E-state index in [1.165, 1.54) is 0 Å². The molecule has 0 saturated heterocycles. The number of aromatic carboxylic acids is 1. The SMILES string of the molecule is O=C(O)c1nc(OC(F)(F)F)c(O)cc1CBr. The van der Waals surface area contributed by atoms with Crippen LogP contribution >= 0.6 is 15.9 Å². The first-order valence-corrected chi connectivity index (χ1v) is 5.14. The monoisotopic (exact) mass is 315 g/mol. The molecule has 1 aromatic heterocycles. The second-order valence-corrected chi connectivity index (χ2v) is 3.37. The van der Waals surface area contributed by atoms with Gasteiger partial charge in [0.05, 0.1) is 0 Å². The van der Waals surface area contributed by atoms with Crippen molar-refractivity contribution >= 4 is 21.9 Å². The van der Waals surface area contributed by atoms with Crippen LogP contribution in [0, 0.1) is 0 Å². The summed E-state index contributed by atoms with van der Waals surface area (Å²) in [5.41, 5.74) is -0.594. The molecule has 0 atom stereocenters. The van der Waals surface area contributed by atoms with Gasteiger partial charge in [0, 0.05) is 5.33 Å². The lowest BCUT2D eigenvalue weighted by Gasteiger charge is -2.11. The van der Waals surface area contributed by atoms with Crippen molar-refractivity contribution < 1.29 is 32.9 Å². The van der Waals surface area contributed by atoms with Crippen LogP contribution < -0.4 is 4.74 Å². The second kappa shape index (κ2) is 4.78. The fourth-order valence-electron chi connectivity index (χ4n) is 0.998. The van der Waals surface area contributed by atoms with Gasteiger partial charge in [0.15, 0.2) is 11.4 Å². The molecule has 1 heterocycles. The molecule has 0 aliphatic heterocycles. The smallest absolute Gasteiger partial charge is 0.503 e. The lowest BCUT2D eigenvalue weighted by atomic mass is 10.2. The number of aromatic hydroxyl groups is 1. The summed E-state index contributed by atoms with van der Waals surface area (Å²) in [5.74, 6) is -3.60. The maximum absolute atomic E-state index is 11.9. The van der Waals surface area contributed by atoms with Crippen molar-refractivity contribution in [2.45, 2.75) is 11.7 Å². The van der Waals surface area contributed by atoms with E-state index in [4.69, 9.17) is 5.11 Å². The second-order valence-electron chi connectivity index (χ2n) is 2.81. The molecule has 1 rings (SSSR count). The zero-order valence-electron chi connectivity index (χ0n) is 7.95. The average Bonchev–Trinajstić information content (AvgIpc) is 2.18. The van der Waals surface area contributed by atoms with Crippen LogP contribution in [0.2, 0.25) is 0 Å². The lowest BCUT2D eigenvalue weighted by molar-refractivity contribution is -0.276. The quantitative estimate of drug-likeness (QED) is 0.836. The summed E-state index contributed by atoms with van der Waals surface area (Å²) in [4.78, 5) is 13.8. The number of ether oxygens (including phenoxy) is 1. The topological polar surface area (TPSA) is 79.7 Å². The standard InChI is InChI=1S/C8H5BrF3NO4/c9-2-3-1-4(14)6(17-8(10,11)12)13-5(3)7(15)16/h1,14H,2H2,(H,15,16). The van der Waals surface area contributed by atoms with Crippen LogP contribution in [-0.4, -0.2) is 27.5 Å². The van der Waals surface area contributed by atoms with E-state index in [0.717, 1.165) is 6.07 Å². The number of hydrogen-bond acceptors (Lipinski definition) is 4. The van der Waals surface area contributed by atoms with Crippen molar-refractivity contribution in [1.82, 2.24) is 4.98 Å². The first-order chi connectivity index (χ1) is 7.74. The molecule has 0 amide bonds. The van der Waals surface area contributed by atoms with E-state index in [1.54, 1.807) is 0 Å². The molecule has 0 fully saturated rings. The normalized spacial score (nSPS) is 11.3. The highest BCUT2D eigenvalue weighted by atomic mass is 79.9. The van der Waals surface area contributed by atoms with E-state index in [1.807, 2.05) is 0 Å². The lowest BCUT2D eigenvalue weighted by Crippen LogP contribution is -2.19. The Hall–Kier alpha value is -1.51. The van der Waals surface area contributed by atoms with Gasteiger partial charge < -0.3 is 14.9 Å². The average molecular weight is 316 g/mol. The third kappa shape index (κ3) is 3.48. The van der Waals surface area contributed by atoms with Crippen LogP contribution in [-0.2, 0) is 5.33 Å². The van der Waals surface area contributed by atoms with Gasteiger partial charge >= 0.3 is 12.3 Å². The minimum Gasteiger partial charge on any atom is -0.503 e. The fourth-order valence-corrected chi connectivity index (χ4v) is 1.42. The molecule has 17 heavy (non-hydrogen) atoms.